The van der Waals surface area contributed by atoms with Gasteiger partial charge in [-0.1, -0.05) is 38.1 Å². The number of rotatable bonds is 9. The molecule has 2 aromatic carbocycles. The molecule has 0 aliphatic carbocycles. The molecule has 0 atom stereocenters. The Morgan fingerprint density at radius 1 is 1.00 bits per heavy atom. The predicted molar refractivity (Wildman–Crippen MR) is 93.9 cm³/mol. The van der Waals surface area contributed by atoms with E-state index in [2.05, 4.69) is 26.0 Å². The average Bonchev–Trinajstić information content (AvgIpc) is 2.58. The molecule has 0 fully saturated rings. The Kier molecular flexibility index (Phi) is 6.67. The van der Waals surface area contributed by atoms with Crippen LogP contribution in [-0.4, -0.2) is 24.3 Å². The van der Waals surface area contributed by atoms with Crippen LogP contribution < -0.4 is 9.47 Å². The van der Waals surface area contributed by atoms with Gasteiger partial charge in [0.15, 0.2) is 0 Å². The highest BCUT2D eigenvalue weighted by molar-refractivity contribution is 5.67. The Labute approximate surface area is 143 Å². The molecule has 0 heterocycles. The van der Waals surface area contributed by atoms with Gasteiger partial charge in [-0.25, -0.2) is 0 Å². The SMILES string of the molecule is CC(C)c1ccc(OCCOc2cccc(CCC(=O)O)c2)cc1. The van der Waals surface area contributed by atoms with Crippen LogP contribution >= 0.6 is 0 Å². The van der Waals surface area contributed by atoms with Gasteiger partial charge < -0.3 is 14.6 Å². The third-order valence-electron chi connectivity index (χ3n) is 3.69. The fraction of sp³-hybridized carbons (Fsp3) is 0.350. The number of benzene rings is 2. The van der Waals surface area contributed by atoms with Crippen molar-refractivity contribution < 1.29 is 19.4 Å². The first-order valence-electron chi connectivity index (χ1n) is 8.21. The highest BCUT2D eigenvalue weighted by atomic mass is 16.5. The molecule has 0 bridgehead atoms. The quantitative estimate of drug-likeness (QED) is 0.698. The summed E-state index contributed by atoms with van der Waals surface area (Å²) >= 11 is 0. The number of ether oxygens (including phenoxy) is 2. The number of carboxylic acid groups (broad SMARTS) is 1. The number of carbonyl (C=O) groups is 1. The molecule has 0 aliphatic heterocycles. The van der Waals surface area contributed by atoms with Crippen molar-refractivity contribution in [1.82, 2.24) is 0 Å². The molecule has 0 aliphatic rings. The maximum absolute atomic E-state index is 10.6. The molecule has 4 heteroatoms. The van der Waals surface area contributed by atoms with Crippen molar-refractivity contribution in [1.29, 1.82) is 0 Å². The summed E-state index contributed by atoms with van der Waals surface area (Å²) in [5.41, 5.74) is 2.25. The molecule has 0 radical (unpaired) electrons. The van der Waals surface area contributed by atoms with Crippen molar-refractivity contribution >= 4 is 5.97 Å². The summed E-state index contributed by atoms with van der Waals surface area (Å²) in [5.74, 6) is 1.28. The zero-order valence-electron chi connectivity index (χ0n) is 14.2. The van der Waals surface area contributed by atoms with Crippen molar-refractivity contribution in [3.8, 4) is 11.5 Å². The van der Waals surface area contributed by atoms with Gasteiger partial charge in [0.1, 0.15) is 24.7 Å². The summed E-state index contributed by atoms with van der Waals surface area (Å²) < 4.78 is 11.3. The second-order valence-electron chi connectivity index (χ2n) is 5.96. The lowest BCUT2D eigenvalue weighted by atomic mass is 10.0. The van der Waals surface area contributed by atoms with Crippen LogP contribution in [0.25, 0.3) is 0 Å². The smallest absolute Gasteiger partial charge is 0.303 e. The molecular formula is C20H24O4. The molecule has 0 spiro atoms. The van der Waals surface area contributed by atoms with Gasteiger partial charge in [0.05, 0.1) is 0 Å². The van der Waals surface area contributed by atoms with Gasteiger partial charge in [-0.05, 0) is 47.7 Å². The first-order chi connectivity index (χ1) is 11.5. The van der Waals surface area contributed by atoms with Crippen molar-refractivity contribution in [3.63, 3.8) is 0 Å². The number of hydrogen-bond donors (Lipinski definition) is 1. The number of hydrogen-bond acceptors (Lipinski definition) is 3. The third-order valence-corrected chi connectivity index (χ3v) is 3.69. The molecule has 0 aromatic heterocycles. The average molecular weight is 328 g/mol. The Hall–Kier alpha value is -2.49. The van der Waals surface area contributed by atoms with E-state index >= 15 is 0 Å². The minimum absolute atomic E-state index is 0.124. The second kappa shape index (κ2) is 8.96. The number of aliphatic carboxylic acids is 1. The molecule has 24 heavy (non-hydrogen) atoms. The monoisotopic (exact) mass is 328 g/mol. The summed E-state index contributed by atoms with van der Waals surface area (Å²) in [7, 11) is 0. The summed E-state index contributed by atoms with van der Waals surface area (Å²) in [6.07, 6.45) is 0.629. The molecule has 4 nitrogen and oxygen atoms in total. The predicted octanol–water partition coefficient (Wildman–Crippen LogP) is 4.29. The van der Waals surface area contributed by atoms with E-state index < -0.39 is 5.97 Å². The normalized spacial score (nSPS) is 10.6. The Bertz CT molecular complexity index is 647. The zero-order valence-corrected chi connectivity index (χ0v) is 14.2. The van der Waals surface area contributed by atoms with Gasteiger partial charge in [-0.3, -0.25) is 4.79 Å². The molecule has 2 aromatic rings. The van der Waals surface area contributed by atoms with Gasteiger partial charge in [0, 0.05) is 6.42 Å². The molecule has 2 rings (SSSR count). The van der Waals surface area contributed by atoms with Crippen LogP contribution in [0.15, 0.2) is 48.5 Å². The fourth-order valence-electron chi connectivity index (χ4n) is 2.31. The van der Waals surface area contributed by atoms with Gasteiger partial charge in [-0.2, -0.15) is 0 Å². The van der Waals surface area contributed by atoms with Gasteiger partial charge in [0.25, 0.3) is 0 Å². The van der Waals surface area contributed by atoms with Crippen LogP contribution in [0.1, 0.15) is 37.3 Å². The maximum Gasteiger partial charge on any atom is 0.303 e. The summed E-state index contributed by atoms with van der Waals surface area (Å²) in [6, 6.07) is 15.6. The van der Waals surface area contributed by atoms with E-state index in [-0.39, 0.29) is 6.42 Å². The van der Waals surface area contributed by atoms with Crippen molar-refractivity contribution in [2.45, 2.75) is 32.6 Å². The summed E-state index contributed by atoms with van der Waals surface area (Å²) in [4.78, 5) is 10.6. The van der Waals surface area contributed by atoms with Crippen molar-refractivity contribution in [3.05, 3.63) is 59.7 Å². The molecule has 1 N–H and O–H groups in total. The maximum atomic E-state index is 10.6. The van der Waals surface area contributed by atoms with Crippen LogP contribution in [0.5, 0.6) is 11.5 Å². The van der Waals surface area contributed by atoms with E-state index in [1.54, 1.807) is 0 Å². The van der Waals surface area contributed by atoms with Crippen LogP contribution in [0, 0.1) is 0 Å². The first kappa shape index (κ1) is 17.9. The topological polar surface area (TPSA) is 55.8 Å². The lowest BCUT2D eigenvalue weighted by molar-refractivity contribution is -0.136. The van der Waals surface area contributed by atoms with Crippen LogP contribution in [0.4, 0.5) is 0 Å². The minimum atomic E-state index is -0.793. The van der Waals surface area contributed by atoms with Crippen LogP contribution in [-0.2, 0) is 11.2 Å². The van der Waals surface area contributed by atoms with Crippen molar-refractivity contribution in [2.75, 3.05) is 13.2 Å². The van der Waals surface area contributed by atoms with E-state index in [0.717, 1.165) is 17.1 Å². The Balaban J connectivity index is 1.75. The molecule has 0 unspecified atom stereocenters. The zero-order chi connectivity index (χ0) is 17.4. The fourth-order valence-corrected chi connectivity index (χ4v) is 2.31. The number of carboxylic acids is 1. The van der Waals surface area contributed by atoms with Crippen LogP contribution in [0.2, 0.25) is 0 Å². The van der Waals surface area contributed by atoms with Crippen molar-refractivity contribution in [2.24, 2.45) is 0 Å². The van der Waals surface area contributed by atoms with Gasteiger partial charge in [0.2, 0.25) is 0 Å². The molecule has 128 valence electrons. The summed E-state index contributed by atoms with van der Waals surface area (Å²) in [6.45, 7) is 5.22. The first-order valence-corrected chi connectivity index (χ1v) is 8.21. The minimum Gasteiger partial charge on any atom is -0.490 e. The van der Waals surface area contributed by atoms with E-state index in [0.29, 0.717) is 25.6 Å². The standard InChI is InChI=1S/C20H24O4/c1-15(2)17-7-9-18(10-8-17)23-12-13-24-19-5-3-4-16(14-19)6-11-20(21)22/h3-5,7-10,14-15H,6,11-13H2,1-2H3,(H,21,22). The highest BCUT2D eigenvalue weighted by Gasteiger charge is 2.02. The van der Waals surface area contributed by atoms with Gasteiger partial charge >= 0.3 is 5.97 Å². The second-order valence-corrected chi connectivity index (χ2v) is 5.96. The molecule has 0 saturated carbocycles. The Morgan fingerprint density at radius 3 is 2.29 bits per heavy atom. The van der Waals surface area contributed by atoms with E-state index in [1.165, 1.54) is 5.56 Å². The lowest BCUT2D eigenvalue weighted by Gasteiger charge is -2.10. The highest BCUT2D eigenvalue weighted by Crippen LogP contribution is 2.19. The van der Waals surface area contributed by atoms with E-state index in [1.807, 2.05) is 36.4 Å². The third kappa shape index (κ3) is 5.95. The Morgan fingerprint density at radius 2 is 1.67 bits per heavy atom. The molecule has 0 amide bonds. The van der Waals surface area contributed by atoms with Gasteiger partial charge in [-0.15, -0.1) is 0 Å². The van der Waals surface area contributed by atoms with Crippen LogP contribution in [0.3, 0.4) is 0 Å². The van der Waals surface area contributed by atoms with E-state index in [4.69, 9.17) is 14.6 Å². The molecule has 0 saturated heterocycles. The molecular weight excluding hydrogens is 304 g/mol. The lowest BCUT2D eigenvalue weighted by Crippen LogP contribution is -2.09. The van der Waals surface area contributed by atoms with E-state index in [9.17, 15) is 4.79 Å². The summed E-state index contributed by atoms with van der Waals surface area (Å²) in [5, 5.41) is 8.73. The number of aryl methyl sites for hydroxylation is 1. The largest absolute Gasteiger partial charge is 0.490 e.